The largest absolute Gasteiger partial charge is 0.351 e. The summed E-state index contributed by atoms with van der Waals surface area (Å²) in [7, 11) is 0. The number of nitrogens with one attached hydrogen (secondary N) is 3. The highest BCUT2D eigenvalue weighted by Crippen LogP contribution is 1.96. The van der Waals surface area contributed by atoms with Crippen LogP contribution in [0, 0.1) is 5.41 Å². The van der Waals surface area contributed by atoms with Crippen LogP contribution < -0.4 is 16.6 Å². The first-order valence-electron chi connectivity index (χ1n) is 2.79. The zero-order chi connectivity index (χ0) is 7.49. The van der Waals surface area contributed by atoms with Crippen LogP contribution in [0.15, 0.2) is 0 Å². The molecule has 0 heterocycles. The van der Waals surface area contributed by atoms with Crippen LogP contribution in [0.5, 0.6) is 0 Å². The minimum Gasteiger partial charge on any atom is -0.351 e. The molecule has 0 aromatic carbocycles. The van der Waals surface area contributed by atoms with Crippen molar-refractivity contribution < 1.29 is 0 Å². The van der Waals surface area contributed by atoms with Crippen molar-refractivity contribution in [3.05, 3.63) is 0 Å². The molecule has 0 aliphatic heterocycles. The molecule has 0 radical (unpaired) electrons. The lowest BCUT2D eigenvalue weighted by molar-refractivity contribution is 0.501. The zero-order valence-corrected chi connectivity index (χ0v) is 6.08. The highest BCUT2D eigenvalue weighted by Gasteiger charge is 2.09. The van der Waals surface area contributed by atoms with Crippen LogP contribution in [0.3, 0.4) is 0 Å². The summed E-state index contributed by atoms with van der Waals surface area (Å²) in [5, 5.41) is 9.86. The maximum absolute atomic E-state index is 7.05. The van der Waals surface area contributed by atoms with E-state index in [2.05, 4.69) is 10.7 Å². The number of hydrogen-bond donors (Lipinski definition) is 4. The van der Waals surface area contributed by atoms with Crippen LogP contribution in [-0.4, -0.2) is 11.5 Å². The molecule has 54 valence electrons. The van der Waals surface area contributed by atoms with E-state index in [1.165, 1.54) is 0 Å². The van der Waals surface area contributed by atoms with Gasteiger partial charge in [-0.1, -0.05) is 0 Å². The van der Waals surface area contributed by atoms with Gasteiger partial charge in [-0.25, -0.2) is 5.84 Å². The minimum atomic E-state index is -0.0938. The standard InChI is InChI=1S/C5H14N4/c1-5(2,3)8-4(6)9-7/h7H2,1-3H3,(H3,6,8,9). The summed E-state index contributed by atoms with van der Waals surface area (Å²) in [6, 6.07) is 0. The first-order chi connectivity index (χ1) is 3.95. The van der Waals surface area contributed by atoms with Gasteiger partial charge in [-0.05, 0) is 20.8 Å². The quantitative estimate of drug-likeness (QED) is 0.158. The number of nitrogens with two attached hydrogens (primary N) is 1. The van der Waals surface area contributed by atoms with E-state index >= 15 is 0 Å². The van der Waals surface area contributed by atoms with Crippen LogP contribution in [-0.2, 0) is 0 Å². The number of hydrogen-bond acceptors (Lipinski definition) is 2. The zero-order valence-electron chi connectivity index (χ0n) is 6.08. The summed E-state index contributed by atoms with van der Waals surface area (Å²) < 4.78 is 0. The van der Waals surface area contributed by atoms with Crippen LogP contribution in [0.4, 0.5) is 0 Å². The molecule has 9 heavy (non-hydrogen) atoms. The van der Waals surface area contributed by atoms with E-state index in [4.69, 9.17) is 11.3 Å². The highest BCUT2D eigenvalue weighted by atomic mass is 15.3. The van der Waals surface area contributed by atoms with Gasteiger partial charge in [0.1, 0.15) is 0 Å². The molecule has 0 aliphatic carbocycles. The second kappa shape index (κ2) is 2.68. The average molecular weight is 130 g/mol. The van der Waals surface area contributed by atoms with E-state index in [1.54, 1.807) is 0 Å². The maximum Gasteiger partial charge on any atom is 0.203 e. The summed E-state index contributed by atoms with van der Waals surface area (Å²) >= 11 is 0. The van der Waals surface area contributed by atoms with Crippen molar-refractivity contribution in [3.63, 3.8) is 0 Å². The summed E-state index contributed by atoms with van der Waals surface area (Å²) in [4.78, 5) is 0. The second-order valence-corrected chi connectivity index (χ2v) is 2.89. The molecule has 0 fully saturated rings. The fraction of sp³-hybridized carbons (Fsp3) is 0.800. The van der Waals surface area contributed by atoms with Crippen molar-refractivity contribution in [1.29, 1.82) is 5.41 Å². The van der Waals surface area contributed by atoms with Crippen LogP contribution in [0.25, 0.3) is 0 Å². The molecule has 0 bridgehead atoms. The van der Waals surface area contributed by atoms with E-state index in [9.17, 15) is 0 Å². The smallest absolute Gasteiger partial charge is 0.203 e. The maximum atomic E-state index is 7.05. The van der Waals surface area contributed by atoms with Crippen LogP contribution in [0.2, 0.25) is 0 Å². The van der Waals surface area contributed by atoms with Crippen molar-refractivity contribution >= 4 is 5.96 Å². The number of guanidine groups is 1. The highest BCUT2D eigenvalue weighted by molar-refractivity contribution is 5.76. The van der Waals surface area contributed by atoms with Gasteiger partial charge in [-0.2, -0.15) is 0 Å². The van der Waals surface area contributed by atoms with Gasteiger partial charge in [0.15, 0.2) is 0 Å². The third kappa shape index (κ3) is 5.10. The Morgan fingerprint density at radius 2 is 1.89 bits per heavy atom. The monoisotopic (exact) mass is 130 g/mol. The third-order valence-electron chi connectivity index (χ3n) is 0.644. The third-order valence-corrected chi connectivity index (χ3v) is 0.644. The molecule has 5 N–H and O–H groups in total. The van der Waals surface area contributed by atoms with Gasteiger partial charge in [0.25, 0.3) is 0 Å². The Morgan fingerprint density at radius 1 is 1.44 bits per heavy atom. The van der Waals surface area contributed by atoms with Crippen molar-refractivity contribution in [2.75, 3.05) is 0 Å². The van der Waals surface area contributed by atoms with E-state index in [0.29, 0.717) is 0 Å². The molecule has 0 saturated carbocycles. The number of hydrazine groups is 1. The molecule has 0 rings (SSSR count). The normalized spacial score (nSPS) is 10.7. The first kappa shape index (κ1) is 8.23. The van der Waals surface area contributed by atoms with Crippen molar-refractivity contribution in [2.45, 2.75) is 26.3 Å². The van der Waals surface area contributed by atoms with E-state index in [0.717, 1.165) is 0 Å². The molecule has 0 aromatic rings. The van der Waals surface area contributed by atoms with Gasteiger partial charge in [0.05, 0.1) is 0 Å². The van der Waals surface area contributed by atoms with Gasteiger partial charge in [0.2, 0.25) is 5.96 Å². The fourth-order valence-corrected chi connectivity index (χ4v) is 0.411. The molecule has 0 spiro atoms. The minimum absolute atomic E-state index is 0.0938. The summed E-state index contributed by atoms with van der Waals surface area (Å²) in [5.74, 6) is 5.08. The molecule has 4 heteroatoms. The van der Waals surface area contributed by atoms with Crippen LogP contribution >= 0.6 is 0 Å². The van der Waals surface area contributed by atoms with Crippen molar-refractivity contribution in [3.8, 4) is 0 Å². The van der Waals surface area contributed by atoms with Gasteiger partial charge in [-0.15, -0.1) is 0 Å². The topological polar surface area (TPSA) is 73.9 Å². The summed E-state index contributed by atoms with van der Waals surface area (Å²) in [6.07, 6.45) is 0. The fourth-order valence-electron chi connectivity index (χ4n) is 0.411. The lowest BCUT2D eigenvalue weighted by Gasteiger charge is -2.21. The molecular weight excluding hydrogens is 116 g/mol. The van der Waals surface area contributed by atoms with E-state index < -0.39 is 0 Å². The molecular formula is C5H14N4. The molecule has 0 unspecified atom stereocenters. The van der Waals surface area contributed by atoms with E-state index in [1.807, 2.05) is 20.8 Å². The van der Waals surface area contributed by atoms with Gasteiger partial charge < -0.3 is 5.32 Å². The molecule has 0 saturated heterocycles. The number of rotatable bonds is 0. The van der Waals surface area contributed by atoms with E-state index in [-0.39, 0.29) is 11.5 Å². The molecule has 0 aromatic heterocycles. The Balaban J connectivity index is 3.60. The Kier molecular flexibility index (Phi) is 2.45. The average Bonchev–Trinajstić information content (AvgIpc) is 1.62. The van der Waals surface area contributed by atoms with Crippen molar-refractivity contribution in [1.82, 2.24) is 10.7 Å². The SMILES string of the molecule is CC(C)(C)NC(=N)NN. The van der Waals surface area contributed by atoms with Crippen LogP contribution in [0.1, 0.15) is 20.8 Å². The lowest BCUT2D eigenvalue weighted by Crippen LogP contribution is -2.49. The predicted octanol–water partition coefficient (Wildman–Crippen LogP) is -0.227. The van der Waals surface area contributed by atoms with Gasteiger partial charge in [0, 0.05) is 5.54 Å². The van der Waals surface area contributed by atoms with Gasteiger partial charge >= 0.3 is 0 Å². The predicted molar refractivity (Wildman–Crippen MR) is 37.9 cm³/mol. The molecule has 4 nitrogen and oxygen atoms in total. The molecule has 0 amide bonds. The Labute approximate surface area is 55.3 Å². The van der Waals surface area contributed by atoms with Gasteiger partial charge in [-0.3, -0.25) is 10.8 Å². The second-order valence-electron chi connectivity index (χ2n) is 2.89. The molecule has 0 aliphatic rings. The summed E-state index contributed by atoms with van der Waals surface area (Å²) in [6.45, 7) is 5.87. The molecule has 0 atom stereocenters. The van der Waals surface area contributed by atoms with Crippen molar-refractivity contribution in [2.24, 2.45) is 5.84 Å². The Bertz CT molecular complexity index is 102. The lowest BCUT2D eigenvalue weighted by atomic mass is 10.1. The first-order valence-corrected chi connectivity index (χ1v) is 2.79. The Morgan fingerprint density at radius 3 is 2.00 bits per heavy atom. The Hall–Kier alpha value is -0.770. The summed E-state index contributed by atoms with van der Waals surface area (Å²) in [5.41, 5.74) is 2.10.